The van der Waals surface area contributed by atoms with Crippen molar-refractivity contribution in [3.05, 3.63) is 16.6 Å². The van der Waals surface area contributed by atoms with Gasteiger partial charge in [-0.05, 0) is 16.9 Å². The second kappa shape index (κ2) is 2.52. The van der Waals surface area contributed by atoms with Crippen molar-refractivity contribution in [1.29, 1.82) is 0 Å². The van der Waals surface area contributed by atoms with Gasteiger partial charge in [-0.1, -0.05) is 20.8 Å². The third kappa shape index (κ3) is 1.56. The summed E-state index contributed by atoms with van der Waals surface area (Å²) in [6.07, 6.45) is 0. The van der Waals surface area contributed by atoms with Crippen LogP contribution in [0.15, 0.2) is 0 Å². The van der Waals surface area contributed by atoms with Crippen molar-refractivity contribution in [3.63, 3.8) is 0 Å². The van der Waals surface area contributed by atoms with E-state index < -0.39 is 16.5 Å². The summed E-state index contributed by atoms with van der Waals surface area (Å²) in [5.41, 5.74) is -0.413. The lowest BCUT2D eigenvalue weighted by atomic mass is 9.89. The zero-order chi connectivity index (χ0) is 8.65. The van der Waals surface area contributed by atoms with Crippen LogP contribution >= 0.6 is 11.5 Å². The molecule has 11 heavy (non-hydrogen) atoms. The highest BCUT2D eigenvalue weighted by atomic mass is 32.1. The van der Waals surface area contributed by atoms with E-state index in [0.29, 0.717) is 11.5 Å². The third-order valence-corrected chi connectivity index (χ3v) is 1.97. The van der Waals surface area contributed by atoms with Crippen LogP contribution in [0.1, 0.15) is 26.3 Å². The van der Waals surface area contributed by atoms with Crippen LogP contribution in [-0.4, -0.2) is 4.37 Å². The molecular weight excluding hydrogens is 168 g/mol. The lowest BCUT2D eigenvalue weighted by Gasteiger charge is -2.15. The molecule has 0 spiro atoms. The Kier molecular flexibility index (Phi) is 1.96. The van der Waals surface area contributed by atoms with Gasteiger partial charge in [-0.15, -0.1) is 0 Å². The summed E-state index contributed by atoms with van der Waals surface area (Å²) >= 11 is 0.566. The van der Waals surface area contributed by atoms with Crippen LogP contribution in [0.5, 0.6) is 0 Å². The average Bonchev–Trinajstić information content (AvgIpc) is 2.08. The van der Waals surface area contributed by atoms with Gasteiger partial charge in [0.25, 0.3) is 0 Å². The molecule has 1 nitrogen and oxygen atoms in total. The summed E-state index contributed by atoms with van der Waals surface area (Å²) < 4.78 is 28.9. The Balaban J connectivity index is 3.21. The van der Waals surface area contributed by atoms with Crippen LogP contribution in [0.4, 0.5) is 8.78 Å². The molecule has 0 N–H and O–H groups in total. The molecule has 0 aliphatic heterocycles. The van der Waals surface area contributed by atoms with Crippen molar-refractivity contribution in [2.75, 3.05) is 0 Å². The second-order valence-electron chi connectivity index (χ2n) is 3.37. The van der Waals surface area contributed by atoms with Crippen LogP contribution in [0.2, 0.25) is 0 Å². The molecule has 0 aliphatic rings. The first-order chi connectivity index (χ1) is 4.93. The van der Waals surface area contributed by atoms with Gasteiger partial charge in [0.1, 0.15) is 0 Å². The molecular formula is C7H9F2NS. The third-order valence-electron chi connectivity index (χ3n) is 1.36. The molecule has 1 rings (SSSR count). The molecule has 1 heterocycles. The molecule has 0 amide bonds. The van der Waals surface area contributed by atoms with Crippen molar-refractivity contribution in [3.8, 4) is 0 Å². The minimum atomic E-state index is -0.681. The standard InChI is InChI=1S/C7H9F2NS/c1-7(2,3)4-5(8)10-11-6(4)9/h1-3H3. The zero-order valence-electron chi connectivity index (χ0n) is 6.61. The summed E-state index contributed by atoms with van der Waals surface area (Å²) in [5, 5.41) is -0.519. The van der Waals surface area contributed by atoms with Crippen molar-refractivity contribution in [2.24, 2.45) is 0 Å². The molecule has 0 atom stereocenters. The largest absolute Gasteiger partial charge is 0.231 e. The first-order valence-electron chi connectivity index (χ1n) is 3.24. The first kappa shape index (κ1) is 8.59. The predicted octanol–water partition coefficient (Wildman–Crippen LogP) is 2.72. The molecule has 0 unspecified atom stereocenters. The molecule has 0 saturated carbocycles. The van der Waals surface area contributed by atoms with Crippen molar-refractivity contribution < 1.29 is 8.78 Å². The summed E-state index contributed by atoms with van der Waals surface area (Å²) in [7, 11) is 0. The SMILES string of the molecule is CC(C)(C)c1c(F)nsc1F. The van der Waals surface area contributed by atoms with E-state index in [-0.39, 0.29) is 5.56 Å². The van der Waals surface area contributed by atoms with E-state index in [1.165, 1.54) is 0 Å². The van der Waals surface area contributed by atoms with Gasteiger partial charge in [-0.2, -0.15) is 13.2 Å². The summed E-state index contributed by atoms with van der Waals surface area (Å²) in [5.74, 6) is -0.681. The normalized spacial score (nSPS) is 12.1. The van der Waals surface area contributed by atoms with Crippen LogP contribution < -0.4 is 0 Å². The maximum atomic E-state index is 12.8. The van der Waals surface area contributed by atoms with Crippen molar-refractivity contribution in [2.45, 2.75) is 26.2 Å². The van der Waals surface area contributed by atoms with Gasteiger partial charge >= 0.3 is 0 Å². The van der Waals surface area contributed by atoms with Gasteiger partial charge in [-0.25, -0.2) is 0 Å². The highest BCUT2D eigenvalue weighted by Crippen LogP contribution is 2.29. The highest BCUT2D eigenvalue weighted by Gasteiger charge is 2.25. The van der Waals surface area contributed by atoms with E-state index in [9.17, 15) is 8.78 Å². The Bertz CT molecular complexity index is 242. The molecule has 0 fully saturated rings. The Hall–Kier alpha value is -0.510. The number of halogens is 2. The number of nitrogens with zero attached hydrogens (tertiary/aromatic N) is 1. The second-order valence-corrected chi connectivity index (χ2v) is 4.10. The van der Waals surface area contributed by atoms with Crippen LogP contribution in [-0.2, 0) is 5.41 Å². The van der Waals surface area contributed by atoms with Crippen LogP contribution in [0.3, 0.4) is 0 Å². The Morgan fingerprint density at radius 2 is 1.82 bits per heavy atom. The van der Waals surface area contributed by atoms with E-state index in [1.807, 2.05) is 0 Å². The van der Waals surface area contributed by atoms with E-state index in [4.69, 9.17) is 0 Å². The number of rotatable bonds is 0. The van der Waals surface area contributed by atoms with Crippen molar-refractivity contribution in [1.82, 2.24) is 4.37 Å². The predicted molar refractivity (Wildman–Crippen MR) is 40.7 cm³/mol. The average molecular weight is 177 g/mol. The molecule has 62 valence electrons. The molecule has 0 saturated heterocycles. The summed E-state index contributed by atoms with van der Waals surface area (Å²) in [4.78, 5) is 0. The van der Waals surface area contributed by atoms with Gasteiger partial charge in [0.05, 0.1) is 5.56 Å². The molecule has 1 aromatic rings. The Morgan fingerprint density at radius 3 is 2.00 bits per heavy atom. The van der Waals surface area contributed by atoms with E-state index in [1.54, 1.807) is 20.8 Å². The summed E-state index contributed by atoms with van der Waals surface area (Å²) in [6, 6.07) is 0. The molecule has 0 aliphatic carbocycles. The molecule has 0 bridgehead atoms. The van der Waals surface area contributed by atoms with E-state index >= 15 is 0 Å². The number of hydrogen-bond acceptors (Lipinski definition) is 2. The van der Waals surface area contributed by atoms with Crippen LogP contribution in [0.25, 0.3) is 0 Å². The lowest BCUT2D eigenvalue weighted by molar-refractivity contribution is 0.481. The maximum absolute atomic E-state index is 12.8. The zero-order valence-corrected chi connectivity index (χ0v) is 7.43. The Labute approximate surface area is 68.2 Å². The fourth-order valence-electron chi connectivity index (χ4n) is 0.857. The smallest absolute Gasteiger partial charge is 0.193 e. The van der Waals surface area contributed by atoms with Gasteiger partial charge in [-0.3, -0.25) is 0 Å². The van der Waals surface area contributed by atoms with Gasteiger partial charge in [0.15, 0.2) is 0 Å². The fourth-order valence-corrected chi connectivity index (χ4v) is 1.59. The topological polar surface area (TPSA) is 12.9 Å². The lowest BCUT2D eigenvalue weighted by Crippen LogP contribution is -2.13. The van der Waals surface area contributed by atoms with Crippen molar-refractivity contribution >= 4 is 11.5 Å². The molecule has 1 aromatic heterocycles. The highest BCUT2D eigenvalue weighted by molar-refractivity contribution is 7.04. The maximum Gasteiger partial charge on any atom is 0.231 e. The summed E-state index contributed by atoms with van der Waals surface area (Å²) in [6.45, 7) is 5.26. The van der Waals surface area contributed by atoms with Gasteiger partial charge in [0, 0.05) is 0 Å². The number of hydrogen-bond donors (Lipinski definition) is 0. The Morgan fingerprint density at radius 1 is 1.27 bits per heavy atom. The fraction of sp³-hybridized carbons (Fsp3) is 0.571. The molecule has 0 aromatic carbocycles. The minimum absolute atomic E-state index is 0.0856. The number of aromatic nitrogens is 1. The van der Waals surface area contributed by atoms with Crippen LogP contribution in [0, 0.1) is 11.1 Å². The first-order valence-corrected chi connectivity index (χ1v) is 4.01. The quantitative estimate of drug-likeness (QED) is 0.593. The monoisotopic (exact) mass is 177 g/mol. The van der Waals surface area contributed by atoms with E-state index in [0.717, 1.165) is 0 Å². The van der Waals surface area contributed by atoms with Gasteiger partial charge in [0.2, 0.25) is 11.1 Å². The van der Waals surface area contributed by atoms with Gasteiger partial charge < -0.3 is 0 Å². The van der Waals surface area contributed by atoms with E-state index in [2.05, 4.69) is 4.37 Å². The molecule has 4 heteroatoms. The molecule has 0 radical (unpaired) electrons. The minimum Gasteiger partial charge on any atom is -0.193 e.